The molecule has 3 aromatic heterocycles. The quantitative estimate of drug-likeness (QED) is 0.406. The molecule has 0 atom stereocenters. The Balaban J connectivity index is 1.31. The predicted molar refractivity (Wildman–Crippen MR) is 109 cm³/mol. The van der Waals surface area contributed by atoms with Crippen LogP contribution in [0.3, 0.4) is 0 Å². The average molecular weight is 403 g/mol. The van der Waals surface area contributed by atoms with Gasteiger partial charge in [-0.1, -0.05) is 53.4 Å². The molecule has 0 aliphatic heterocycles. The topological polar surface area (TPSA) is 50.7 Å². The molecule has 1 aromatic carbocycles. The summed E-state index contributed by atoms with van der Waals surface area (Å²) in [5.41, 5.74) is 3.52. The van der Waals surface area contributed by atoms with Gasteiger partial charge in [-0.05, 0) is 17.0 Å². The van der Waals surface area contributed by atoms with Gasteiger partial charge in [-0.3, -0.25) is 0 Å². The molecule has 0 unspecified atom stereocenters. The maximum Gasteiger partial charge on any atom is 0.206 e. The normalized spacial score (nSPS) is 10.9. The molecule has 8 heteroatoms. The van der Waals surface area contributed by atoms with E-state index in [0.29, 0.717) is 0 Å². The molecule has 0 fully saturated rings. The second-order valence-electron chi connectivity index (χ2n) is 5.16. The molecule has 0 radical (unpaired) electrons. The average Bonchev–Trinajstić information content (AvgIpc) is 3.40. The zero-order valence-electron chi connectivity index (χ0n) is 13.1. The molecule has 4 rings (SSSR count). The molecule has 4 nitrogen and oxygen atoms in total. The van der Waals surface area contributed by atoms with Gasteiger partial charge in [0, 0.05) is 28.6 Å². The van der Waals surface area contributed by atoms with Crippen LogP contribution in [0, 0.1) is 0 Å². The van der Waals surface area contributed by atoms with Crippen molar-refractivity contribution in [1.29, 1.82) is 0 Å². The van der Waals surface area contributed by atoms with Crippen LogP contribution in [0.5, 0.6) is 0 Å². The number of thioether (sulfide) groups is 1. The van der Waals surface area contributed by atoms with Crippen molar-refractivity contribution in [2.45, 2.75) is 16.6 Å². The van der Waals surface area contributed by atoms with E-state index in [9.17, 15) is 0 Å². The summed E-state index contributed by atoms with van der Waals surface area (Å²) in [5.74, 6) is 0.813. The summed E-state index contributed by atoms with van der Waals surface area (Å²) >= 11 is 6.65. The molecule has 0 saturated heterocycles. The minimum atomic E-state index is 0.760. The Morgan fingerprint density at radius 1 is 1.04 bits per heavy atom. The molecule has 0 spiro atoms. The largest absolute Gasteiger partial charge is 0.356 e. The summed E-state index contributed by atoms with van der Waals surface area (Å²) in [6.07, 6.45) is 0. The number of aromatic nitrogens is 3. The maximum atomic E-state index is 4.70. The van der Waals surface area contributed by atoms with Crippen LogP contribution >= 0.6 is 45.8 Å². The SMILES string of the molecule is c1ccc(CNc2nnc(SCc3csc(-c4ccsc4)n3)s2)cc1. The smallest absolute Gasteiger partial charge is 0.206 e. The third kappa shape index (κ3) is 4.46. The Kier molecular flexibility index (Phi) is 5.41. The van der Waals surface area contributed by atoms with Gasteiger partial charge in [0.1, 0.15) is 5.01 Å². The fourth-order valence-corrected chi connectivity index (χ4v) is 5.42. The van der Waals surface area contributed by atoms with Crippen LogP contribution in [0.25, 0.3) is 10.6 Å². The fourth-order valence-electron chi connectivity index (χ4n) is 2.14. The van der Waals surface area contributed by atoms with Crippen molar-refractivity contribution in [2.24, 2.45) is 0 Å². The first-order valence-electron chi connectivity index (χ1n) is 7.58. The summed E-state index contributed by atoms with van der Waals surface area (Å²) in [4.78, 5) is 4.70. The lowest BCUT2D eigenvalue weighted by Crippen LogP contribution is -1.98. The summed E-state index contributed by atoms with van der Waals surface area (Å²) < 4.78 is 0.959. The van der Waals surface area contributed by atoms with Crippen LogP contribution in [0.1, 0.15) is 11.3 Å². The van der Waals surface area contributed by atoms with Crippen LogP contribution in [-0.2, 0) is 12.3 Å². The summed E-state index contributed by atoms with van der Waals surface area (Å²) in [7, 11) is 0. The molecule has 25 heavy (non-hydrogen) atoms. The molecule has 3 heterocycles. The Bertz CT molecular complexity index is 915. The number of anilines is 1. The minimum Gasteiger partial charge on any atom is -0.356 e. The Labute approximate surface area is 162 Å². The van der Waals surface area contributed by atoms with Gasteiger partial charge < -0.3 is 5.32 Å². The van der Waals surface area contributed by atoms with Crippen molar-refractivity contribution >= 4 is 50.9 Å². The first kappa shape index (κ1) is 16.7. The maximum absolute atomic E-state index is 4.70. The molecule has 0 aliphatic carbocycles. The third-order valence-electron chi connectivity index (χ3n) is 3.36. The monoisotopic (exact) mass is 402 g/mol. The zero-order chi connectivity index (χ0) is 16.9. The molecule has 4 aromatic rings. The van der Waals surface area contributed by atoms with Crippen molar-refractivity contribution in [1.82, 2.24) is 15.2 Å². The molecule has 0 saturated carbocycles. The summed E-state index contributed by atoms with van der Waals surface area (Å²) in [5, 5.41) is 20.0. The number of nitrogens with zero attached hydrogens (tertiary/aromatic N) is 3. The lowest BCUT2D eigenvalue weighted by molar-refractivity contribution is 0.994. The van der Waals surface area contributed by atoms with E-state index in [0.717, 1.165) is 32.5 Å². The van der Waals surface area contributed by atoms with E-state index in [1.165, 1.54) is 11.1 Å². The number of rotatable bonds is 7. The van der Waals surface area contributed by atoms with Crippen LogP contribution in [0.4, 0.5) is 5.13 Å². The predicted octanol–water partition coefficient (Wildman–Crippen LogP) is 5.63. The van der Waals surface area contributed by atoms with Crippen molar-refractivity contribution < 1.29 is 0 Å². The zero-order valence-corrected chi connectivity index (χ0v) is 16.4. The van der Waals surface area contributed by atoms with E-state index < -0.39 is 0 Å². The van der Waals surface area contributed by atoms with Gasteiger partial charge >= 0.3 is 0 Å². The van der Waals surface area contributed by atoms with E-state index in [4.69, 9.17) is 4.98 Å². The van der Waals surface area contributed by atoms with E-state index in [1.807, 2.05) is 18.2 Å². The molecule has 0 aliphatic rings. The van der Waals surface area contributed by atoms with Gasteiger partial charge in [0.2, 0.25) is 5.13 Å². The second-order valence-corrected chi connectivity index (χ2v) is 9.00. The second kappa shape index (κ2) is 8.09. The molecule has 1 N–H and O–H groups in total. The summed E-state index contributed by atoms with van der Waals surface area (Å²) in [6.45, 7) is 0.760. The first-order valence-corrected chi connectivity index (χ1v) is 11.2. The van der Waals surface area contributed by atoms with Crippen molar-refractivity contribution in [2.75, 3.05) is 5.32 Å². The summed E-state index contributed by atoms with van der Waals surface area (Å²) in [6, 6.07) is 12.4. The van der Waals surface area contributed by atoms with E-state index in [2.05, 4.69) is 49.9 Å². The van der Waals surface area contributed by atoms with Gasteiger partial charge in [0.25, 0.3) is 0 Å². The number of thiazole rings is 1. The molecule has 126 valence electrons. The number of nitrogens with one attached hydrogen (secondary N) is 1. The van der Waals surface area contributed by atoms with E-state index in [-0.39, 0.29) is 0 Å². The standard InChI is InChI=1S/C17H14N4S4/c1-2-4-12(5-3-1)8-18-16-20-21-17(25-16)24-11-14-10-23-15(19-14)13-6-7-22-9-13/h1-7,9-10H,8,11H2,(H,18,20). The van der Waals surface area contributed by atoms with E-state index >= 15 is 0 Å². The Hall–Kier alpha value is -1.74. The Morgan fingerprint density at radius 3 is 2.80 bits per heavy atom. The molecule has 0 amide bonds. The van der Waals surface area contributed by atoms with Crippen molar-refractivity contribution in [3.63, 3.8) is 0 Å². The van der Waals surface area contributed by atoms with Gasteiger partial charge in [0.05, 0.1) is 5.69 Å². The lowest BCUT2D eigenvalue weighted by Gasteiger charge is -2.00. The molecule has 0 bridgehead atoms. The highest BCUT2D eigenvalue weighted by atomic mass is 32.2. The van der Waals surface area contributed by atoms with Crippen LogP contribution in [0.2, 0.25) is 0 Å². The van der Waals surface area contributed by atoms with Gasteiger partial charge in [-0.15, -0.1) is 21.5 Å². The number of hydrogen-bond donors (Lipinski definition) is 1. The highest BCUT2D eigenvalue weighted by molar-refractivity contribution is 8.00. The highest BCUT2D eigenvalue weighted by Crippen LogP contribution is 2.31. The number of hydrogen-bond acceptors (Lipinski definition) is 8. The fraction of sp³-hybridized carbons (Fsp3) is 0.118. The Morgan fingerprint density at radius 2 is 1.96 bits per heavy atom. The van der Waals surface area contributed by atoms with Crippen molar-refractivity contribution in [3.05, 3.63) is 63.8 Å². The number of benzene rings is 1. The van der Waals surface area contributed by atoms with Crippen LogP contribution < -0.4 is 5.32 Å². The van der Waals surface area contributed by atoms with Gasteiger partial charge in [-0.25, -0.2) is 4.98 Å². The molecular weight excluding hydrogens is 388 g/mol. The van der Waals surface area contributed by atoms with Crippen LogP contribution in [0.15, 0.2) is 56.9 Å². The lowest BCUT2D eigenvalue weighted by atomic mass is 10.2. The van der Waals surface area contributed by atoms with Crippen molar-refractivity contribution in [3.8, 4) is 10.6 Å². The highest BCUT2D eigenvalue weighted by Gasteiger charge is 2.08. The van der Waals surface area contributed by atoms with E-state index in [1.54, 1.807) is 45.8 Å². The van der Waals surface area contributed by atoms with Crippen LogP contribution in [-0.4, -0.2) is 15.2 Å². The number of thiophene rings is 1. The minimum absolute atomic E-state index is 0.760. The first-order chi connectivity index (χ1) is 12.4. The van der Waals surface area contributed by atoms with Gasteiger partial charge in [0.15, 0.2) is 4.34 Å². The third-order valence-corrected chi connectivity index (χ3v) is 7.03. The molecular formula is C17H14N4S4. The van der Waals surface area contributed by atoms with Gasteiger partial charge in [-0.2, -0.15) is 11.3 Å².